The maximum absolute atomic E-state index is 11.1. The molecule has 0 N–H and O–H groups in total. The van der Waals surface area contributed by atoms with E-state index in [9.17, 15) is 4.79 Å². The minimum Gasteiger partial charge on any atom is -0.466 e. The lowest BCUT2D eigenvalue weighted by Crippen LogP contribution is -2.05. The van der Waals surface area contributed by atoms with Gasteiger partial charge in [0.05, 0.1) is 6.61 Å². The molecule has 0 bridgehead atoms. The molecule has 1 fully saturated rings. The van der Waals surface area contributed by atoms with Gasteiger partial charge in [-0.1, -0.05) is 64.5 Å². The van der Waals surface area contributed by atoms with E-state index in [-0.39, 0.29) is 5.97 Å². The predicted octanol–water partition coefficient (Wildman–Crippen LogP) is 5.66. The van der Waals surface area contributed by atoms with Gasteiger partial charge >= 0.3 is 5.97 Å². The van der Waals surface area contributed by atoms with Crippen molar-refractivity contribution in [2.45, 2.75) is 85.0 Å². The van der Waals surface area contributed by atoms with Crippen molar-refractivity contribution in [3.05, 3.63) is 12.2 Å². The molecule has 1 aliphatic rings. The molecule has 1 rings (SSSR count). The lowest BCUT2D eigenvalue weighted by Gasteiger charge is -2.20. The zero-order valence-corrected chi connectivity index (χ0v) is 13.8. The normalized spacial score (nSPS) is 15.8. The maximum Gasteiger partial charge on any atom is 0.306 e. The first kappa shape index (κ1) is 19.2. The van der Waals surface area contributed by atoms with Crippen molar-refractivity contribution < 1.29 is 9.53 Å². The van der Waals surface area contributed by atoms with Crippen LogP contribution in [-0.2, 0) is 9.53 Å². The van der Waals surface area contributed by atoms with Crippen LogP contribution in [0, 0.1) is 5.92 Å². The van der Waals surface area contributed by atoms with Gasteiger partial charge in [0.25, 0.3) is 0 Å². The molecule has 0 aliphatic heterocycles. The molecule has 0 unspecified atom stereocenters. The van der Waals surface area contributed by atoms with Crippen molar-refractivity contribution in [3.63, 3.8) is 0 Å². The molecule has 1 saturated carbocycles. The van der Waals surface area contributed by atoms with Crippen LogP contribution < -0.4 is 0 Å². The topological polar surface area (TPSA) is 26.3 Å². The fourth-order valence-electron chi connectivity index (χ4n) is 2.48. The highest BCUT2D eigenvalue weighted by Gasteiger charge is 2.11. The van der Waals surface area contributed by atoms with E-state index < -0.39 is 0 Å². The summed E-state index contributed by atoms with van der Waals surface area (Å²) in [5, 5.41) is 0. The number of carbonyl (C=O) groups is 1. The van der Waals surface area contributed by atoms with E-state index in [2.05, 4.69) is 26.0 Å². The second-order valence-electron chi connectivity index (χ2n) is 5.60. The quantitative estimate of drug-likeness (QED) is 0.444. The molecule has 0 aromatic carbocycles. The number of allylic oxidation sites excluding steroid dienone is 2. The zero-order valence-electron chi connectivity index (χ0n) is 13.8. The van der Waals surface area contributed by atoms with E-state index in [4.69, 9.17) is 4.74 Å². The molecule has 0 amide bonds. The second-order valence-corrected chi connectivity index (χ2v) is 5.60. The monoisotopic (exact) mass is 282 g/mol. The molecule has 0 radical (unpaired) electrons. The summed E-state index contributed by atoms with van der Waals surface area (Å²) in [5.74, 6) is 0.878. The average molecular weight is 282 g/mol. The third kappa shape index (κ3) is 12.3. The van der Waals surface area contributed by atoms with E-state index in [0.717, 1.165) is 12.3 Å². The highest BCUT2D eigenvalue weighted by Crippen LogP contribution is 2.27. The maximum atomic E-state index is 11.1. The van der Waals surface area contributed by atoms with Gasteiger partial charge in [-0.25, -0.2) is 0 Å². The largest absolute Gasteiger partial charge is 0.466 e. The first-order valence-corrected chi connectivity index (χ1v) is 8.55. The molecule has 0 spiro atoms. The number of carbonyl (C=O) groups excluding carboxylic acids is 1. The summed E-state index contributed by atoms with van der Waals surface area (Å²) in [6.07, 6.45) is 16.6. The molecule has 0 aromatic heterocycles. The van der Waals surface area contributed by atoms with E-state index in [1.807, 2.05) is 6.92 Å². The van der Waals surface area contributed by atoms with Crippen LogP contribution in [0.25, 0.3) is 0 Å². The lowest BCUT2D eigenvalue weighted by atomic mass is 9.86. The number of ether oxygens (including phenoxy) is 1. The summed E-state index contributed by atoms with van der Waals surface area (Å²) in [5.41, 5.74) is 0. The Bertz CT molecular complexity index is 240. The number of rotatable bonds is 7. The predicted molar refractivity (Wildman–Crippen MR) is 86.8 cm³/mol. The number of esters is 1. The van der Waals surface area contributed by atoms with Gasteiger partial charge in [0, 0.05) is 6.42 Å². The minimum absolute atomic E-state index is 0.0792. The third-order valence-electron chi connectivity index (χ3n) is 3.45. The Hall–Kier alpha value is -0.790. The Morgan fingerprint density at radius 1 is 1.05 bits per heavy atom. The molecular formula is C18H34O2. The van der Waals surface area contributed by atoms with Gasteiger partial charge < -0.3 is 4.74 Å². The van der Waals surface area contributed by atoms with Crippen LogP contribution in [0.15, 0.2) is 12.2 Å². The van der Waals surface area contributed by atoms with Gasteiger partial charge in [0.15, 0.2) is 0 Å². The van der Waals surface area contributed by atoms with Crippen LogP contribution in [0.5, 0.6) is 0 Å². The SMILES string of the molecule is CCC.CCOC(=O)CC/C=C/CCC1CCCCC1. The third-order valence-corrected chi connectivity index (χ3v) is 3.45. The van der Waals surface area contributed by atoms with Crippen LogP contribution in [-0.4, -0.2) is 12.6 Å². The van der Waals surface area contributed by atoms with Crippen molar-refractivity contribution in [2.75, 3.05) is 6.61 Å². The summed E-state index contributed by atoms with van der Waals surface area (Å²) in [4.78, 5) is 11.1. The summed E-state index contributed by atoms with van der Waals surface area (Å²) >= 11 is 0. The molecule has 0 saturated heterocycles. The van der Waals surface area contributed by atoms with Crippen molar-refractivity contribution in [1.82, 2.24) is 0 Å². The Kier molecular flexibility index (Phi) is 14.0. The Morgan fingerprint density at radius 2 is 1.65 bits per heavy atom. The van der Waals surface area contributed by atoms with E-state index in [1.165, 1.54) is 51.4 Å². The van der Waals surface area contributed by atoms with Crippen LogP contribution in [0.4, 0.5) is 0 Å². The van der Waals surface area contributed by atoms with Crippen LogP contribution in [0.2, 0.25) is 0 Å². The molecular weight excluding hydrogens is 248 g/mol. The molecule has 118 valence electrons. The molecule has 0 aromatic rings. The summed E-state index contributed by atoms with van der Waals surface area (Å²) < 4.78 is 4.87. The smallest absolute Gasteiger partial charge is 0.306 e. The summed E-state index contributed by atoms with van der Waals surface area (Å²) in [7, 11) is 0. The van der Waals surface area contributed by atoms with Crippen LogP contribution >= 0.6 is 0 Å². The van der Waals surface area contributed by atoms with Crippen LogP contribution in [0.1, 0.15) is 85.0 Å². The molecule has 20 heavy (non-hydrogen) atoms. The van der Waals surface area contributed by atoms with Gasteiger partial charge in [-0.05, 0) is 32.1 Å². The van der Waals surface area contributed by atoms with Gasteiger partial charge in [-0.2, -0.15) is 0 Å². The van der Waals surface area contributed by atoms with E-state index in [1.54, 1.807) is 0 Å². The van der Waals surface area contributed by atoms with Crippen molar-refractivity contribution in [3.8, 4) is 0 Å². The molecule has 2 nitrogen and oxygen atoms in total. The Morgan fingerprint density at radius 3 is 2.25 bits per heavy atom. The lowest BCUT2D eigenvalue weighted by molar-refractivity contribution is -0.142. The number of hydrogen-bond donors (Lipinski definition) is 0. The number of hydrogen-bond acceptors (Lipinski definition) is 2. The van der Waals surface area contributed by atoms with E-state index in [0.29, 0.717) is 13.0 Å². The summed E-state index contributed by atoms with van der Waals surface area (Å²) in [6, 6.07) is 0. The second kappa shape index (κ2) is 14.6. The van der Waals surface area contributed by atoms with Crippen molar-refractivity contribution in [1.29, 1.82) is 0 Å². The highest BCUT2D eigenvalue weighted by molar-refractivity contribution is 5.69. The fourth-order valence-corrected chi connectivity index (χ4v) is 2.48. The zero-order chi connectivity index (χ0) is 15.1. The first-order valence-electron chi connectivity index (χ1n) is 8.55. The van der Waals surface area contributed by atoms with Gasteiger partial charge in [0.2, 0.25) is 0 Å². The Balaban J connectivity index is 0.00000110. The van der Waals surface area contributed by atoms with Gasteiger partial charge in [0.1, 0.15) is 0 Å². The fraction of sp³-hybridized carbons (Fsp3) is 0.833. The average Bonchev–Trinajstić information content (AvgIpc) is 2.45. The standard InChI is InChI=1S/C15H26O2.C3H8/c1-2-17-15(16)13-9-4-3-6-10-14-11-7-5-8-12-14;1-3-2/h3-4,14H,2,5-13H2,1H3;3H2,1-2H3/b4-3+;. The van der Waals surface area contributed by atoms with Crippen LogP contribution in [0.3, 0.4) is 0 Å². The van der Waals surface area contributed by atoms with Gasteiger partial charge in [-0.15, -0.1) is 0 Å². The van der Waals surface area contributed by atoms with Crippen molar-refractivity contribution >= 4 is 5.97 Å². The van der Waals surface area contributed by atoms with E-state index >= 15 is 0 Å². The van der Waals surface area contributed by atoms with Crippen molar-refractivity contribution in [2.24, 2.45) is 5.92 Å². The first-order chi connectivity index (χ1) is 9.74. The molecule has 1 aliphatic carbocycles. The highest BCUT2D eigenvalue weighted by atomic mass is 16.5. The molecule has 2 heteroatoms. The molecule has 0 heterocycles. The van der Waals surface area contributed by atoms with Gasteiger partial charge in [-0.3, -0.25) is 4.79 Å². The molecule has 0 atom stereocenters. The Labute approximate surface area is 126 Å². The minimum atomic E-state index is -0.0792. The summed E-state index contributed by atoms with van der Waals surface area (Å²) in [6.45, 7) is 6.59.